The first-order chi connectivity index (χ1) is 15.2. The smallest absolute Gasteiger partial charge is 0.407 e. The van der Waals surface area contributed by atoms with Crippen molar-refractivity contribution >= 4 is 17.7 Å². The highest BCUT2D eigenvalue weighted by Gasteiger charge is 2.29. The lowest BCUT2D eigenvalue weighted by molar-refractivity contribution is 0.0489. The van der Waals surface area contributed by atoms with Crippen LogP contribution in [0.3, 0.4) is 0 Å². The van der Waals surface area contributed by atoms with Gasteiger partial charge >= 0.3 is 6.09 Å². The predicted octanol–water partition coefficient (Wildman–Crippen LogP) is 3.84. The summed E-state index contributed by atoms with van der Waals surface area (Å²) in [5.41, 5.74) is 1.73. The molecule has 1 amide bonds. The fourth-order valence-electron chi connectivity index (χ4n) is 3.35. The minimum Gasteiger partial charge on any atom is -0.490 e. The van der Waals surface area contributed by atoms with Crippen LogP contribution in [0.25, 0.3) is 11.3 Å². The Morgan fingerprint density at radius 1 is 1.28 bits per heavy atom. The van der Waals surface area contributed by atoms with Gasteiger partial charge in [0, 0.05) is 23.7 Å². The van der Waals surface area contributed by atoms with E-state index in [1.165, 1.54) is 12.1 Å². The van der Waals surface area contributed by atoms with Crippen molar-refractivity contribution in [2.45, 2.75) is 45.3 Å². The number of hydrogen-bond acceptors (Lipinski definition) is 7. The third-order valence-corrected chi connectivity index (χ3v) is 4.97. The molecular weight excluding hydrogens is 441 g/mol. The number of alkyl carbamates (subject to hydrolysis) is 1. The van der Waals surface area contributed by atoms with Gasteiger partial charge in [-0.3, -0.25) is 0 Å². The third kappa shape index (κ3) is 6.27. The lowest BCUT2D eigenvalue weighted by Gasteiger charge is -2.19. The SMILES string of the molecule is CC(C)(C)OC(=O)NCCOCCOc1cc(F)ccc1-c1nnc(Cl)c2c1C(O)CC2. The molecular formula is C22H27ClFN3O5. The van der Waals surface area contributed by atoms with Crippen molar-refractivity contribution in [3.05, 3.63) is 40.3 Å². The number of ether oxygens (including phenoxy) is 3. The number of carbonyl (C=O) groups is 1. The van der Waals surface area contributed by atoms with Gasteiger partial charge in [-0.15, -0.1) is 10.2 Å². The van der Waals surface area contributed by atoms with Gasteiger partial charge in [0.15, 0.2) is 5.15 Å². The Bertz CT molecular complexity index is 967. The average Bonchev–Trinajstić information content (AvgIpc) is 3.09. The fraction of sp³-hybridized carbons (Fsp3) is 0.500. The molecule has 0 radical (unpaired) electrons. The van der Waals surface area contributed by atoms with Gasteiger partial charge in [-0.05, 0) is 51.3 Å². The maximum atomic E-state index is 13.9. The van der Waals surface area contributed by atoms with E-state index in [0.29, 0.717) is 29.7 Å². The van der Waals surface area contributed by atoms with Crippen LogP contribution < -0.4 is 10.1 Å². The Kier molecular flexibility index (Phi) is 7.86. The topological polar surface area (TPSA) is 103 Å². The van der Waals surface area contributed by atoms with E-state index >= 15 is 0 Å². The molecule has 1 aliphatic carbocycles. The van der Waals surface area contributed by atoms with Crippen LogP contribution in [0.2, 0.25) is 5.15 Å². The Balaban J connectivity index is 1.56. The van der Waals surface area contributed by atoms with E-state index in [0.717, 1.165) is 5.56 Å². The number of fused-ring (bicyclic) bond motifs is 1. The highest BCUT2D eigenvalue weighted by atomic mass is 35.5. The summed E-state index contributed by atoms with van der Waals surface area (Å²) in [5, 5.41) is 21.4. The molecule has 10 heteroatoms. The second-order valence-corrected chi connectivity index (χ2v) is 8.67. The number of aromatic nitrogens is 2. The number of carbonyl (C=O) groups excluding carboxylic acids is 1. The van der Waals surface area contributed by atoms with E-state index < -0.39 is 23.6 Å². The molecule has 1 aliphatic rings. The number of hydrogen-bond donors (Lipinski definition) is 2. The monoisotopic (exact) mass is 467 g/mol. The van der Waals surface area contributed by atoms with Crippen molar-refractivity contribution < 1.29 is 28.5 Å². The van der Waals surface area contributed by atoms with E-state index in [2.05, 4.69) is 15.5 Å². The van der Waals surface area contributed by atoms with E-state index in [4.69, 9.17) is 25.8 Å². The Labute approximate surface area is 191 Å². The molecule has 8 nitrogen and oxygen atoms in total. The number of halogens is 2. The zero-order valence-corrected chi connectivity index (χ0v) is 19.0. The molecule has 2 N–H and O–H groups in total. The van der Waals surface area contributed by atoms with E-state index in [1.54, 1.807) is 26.8 Å². The number of benzene rings is 1. The summed E-state index contributed by atoms with van der Waals surface area (Å²) in [6, 6.07) is 4.09. The standard InChI is InChI=1S/C22H27ClFN3O5/c1-22(2,3)32-21(29)25-8-9-30-10-11-31-17-12-13(24)4-5-14(17)19-18-15(6-7-16(18)28)20(23)27-26-19/h4-5,12,16,28H,6-11H2,1-3H3,(H,25,29). The largest absolute Gasteiger partial charge is 0.490 e. The van der Waals surface area contributed by atoms with Gasteiger partial charge < -0.3 is 24.6 Å². The van der Waals surface area contributed by atoms with Gasteiger partial charge in [-0.2, -0.15) is 0 Å². The molecule has 1 atom stereocenters. The molecule has 1 aromatic carbocycles. The Hall–Kier alpha value is -2.49. The highest BCUT2D eigenvalue weighted by molar-refractivity contribution is 6.30. The number of amides is 1. The minimum absolute atomic E-state index is 0.147. The molecule has 0 spiro atoms. The van der Waals surface area contributed by atoms with Gasteiger partial charge in [0.1, 0.15) is 29.5 Å². The fourth-order valence-corrected chi connectivity index (χ4v) is 3.58. The maximum absolute atomic E-state index is 13.9. The van der Waals surface area contributed by atoms with Gasteiger partial charge in [0.25, 0.3) is 0 Å². The zero-order valence-electron chi connectivity index (χ0n) is 18.3. The second kappa shape index (κ2) is 10.4. The maximum Gasteiger partial charge on any atom is 0.407 e. The van der Waals surface area contributed by atoms with Crippen LogP contribution in [-0.2, 0) is 15.9 Å². The van der Waals surface area contributed by atoms with Crippen molar-refractivity contribution in [1.29, 1.82) is 0 Å². The van der Waals surface area contributed by atoms with Gasteiger partial charge in [-0.25, -0.2) is 9.18 Å². The molecule has 32 heavy (non-hydrogen) atoms. The highest BCUT2D eigenvalue weighted by Crippen LogP contribution is 2.42. The van der Waals surface area contributed by atoms with Crippen LogP contribution in [0.4, 0.5) is 9.18 Å². The lowest BCUT2D eigenvalue weighted by Crippen LogP contribution is -2.34. The number of aliphatic hydroxyl groups is 1. The van der Waals surface area contributed by atoms with Crippen LogP contribution in [0, 0.1) is 5.82 Å². The molecule has 1 heterocycles. The number of aliphatic hydroxyl groups excluding tert-OH is 1. The Morgan fingerprint density at radius 2 is 2.06 bits per heavy atom. The van der Waals surface area contributed by atoms with Gasteiger partial charge in [0.2, 0.25) is 0 Å². The first kappa shape index (κ1) is 24.2. The number of rotatable bonds is 8. The third-order valence-electron chi connectivity index (χ3n) is 4.67. The average molecular weight is 468 g/mol. The molecule has 1 aromatic heterocycles. The first-order valence-corrected chi connectivity index (χ1v) is 10.7. The van der Waals surface area contributed by atoms with Crippen molar-refractivity contribution in [3.8, 4) is 17.0 Å². The summed E-state index contributed by atoms with van der Waals surface area (Å²) in [7, 11) is 0. The summed E-state index contributed by atoms with van der Waals surface area (Å²) < 4.78 is 30.2. The van der Waals surface area contributed by atoms with E-state index in [1.807, 2.05) is 0 Å². The van der Waals surface area contributed by atoms with E-state index in [-0.39, 0.29) is 37.3 Å². The van der Waals surface area contributed by atoms with Gasteiger partial charge in [-0.1, -0.05) is 11.6 Å². The predicted molar refractivity (Wildman–Crippen MR) is 116 cm³/mol. The molecule has 0 bridgehead atoms. The molecule has 0 aliphatic heterocycles. The van der Waals surface area contributed by atoms with Crippen LogP contribution in [-0.4, -0.2) is 53.4 Å². The van der Waals surface area contributed by atoms with Crippen LogP contribution >= 0.6 is 11.6 Å². The van der Waals surface area contributed by atoms with Crippen molar-refractivity contribution in [2.75, 3.05) is 26.4 Å². The van der Waals surface area contributed by atoms with Gasteiger partial charge in [0.05, 0.1) is 19.3 Å². The second-order valence-electron chi connectivity index (χ2n) is 8.32. The number of nitrogens with zero attached hydrogens (tertiary/aromatic N) is 2. The minimum atomic E-state index is -0.716. The van der Waals surface area contributed by atoms with Crippen molar-refractivity contribution in [3.63, 3.8) is 0 Å². The summed E-state index contributed by atoms with van der Waals surface area (Å²) in [6.07, 6.45) is -0.106. The van der Waals surface area contributed by atoms with Crippen molar-refractivity contribution in [1.82, 2.24) is 15.5 Å². The summed E-state index contributed by atoms with van der Waals surface area (Å²) in [6.45, 7) is 6.27. The molecule has 1 unspecified atom stereocenters. The lowest BCUT2D eigenvalue weighted by atomic mass is 10.0. The van der Waals surface area contributed by atoms with Crippen molar-refractivity contribution in [2.24, 2.45) is 0 Å². The summed E-state index contributed by atoms with van der Waals surface area (Å²) in [4.78, 5) is 11.6. The van der Waals surface area contributed by atoms with Crippen LogP contribution in [0.1, 0.15) is 44.4 Å². The van der Waals surface area contributed by atoms with E-state index in [9.17, 15) is 14.3 Å². The Morgan fingerprint density at radius 3 is 2.81 bits per heavy atom. The molecule has 2 aromatic rings. The van der Waals surface area contributed by atoms with Crippen LogP contribution in [0.15, 0.2) is 18.2 Å². The molecule has 3 rings (SSSR count). The van der Waals surface area contributed by atoms with Crippen LogP contribution in [0.5, 0.6) is 5.75 Å². The normalized spacial score (nSPS) is 15.4. The number of nitrogens with one attached hydrogen (secondary N) is 1. The molecule has 0 fully saturated rings. The first-order valence-electron chi connectivity index (χ1n) is 10.4. The molecule has 174 valence electrons. The summed E-state index contributed by atoms with van der Waals surface area (Å²) in [5.74, 6) is -0.205. The summed E-state index contributed by atoms with van der Waals surface area (Å²) >= 11 is 6.13. The molecule has 0 saturated heterocycles. The zero-order chi connectivity index (χ0) is 23.3. The molecule has 0 saturated carbocycles. The quantitative estimate of drug-likeness (QED) is 0.568.